The highest BCUT2D eigenvalue weighted by molar-refractivity contribution is 5.97. The first kappa shape index (κ1) is 27.4. The number of carbonyl (C=O) groups is 2. The molecule has 1 aromatic rings. The monoisotopic (exact) mass is 524 g/mol. The van der Waals surface area contributed by atoms with Crippen LogP contribution in [-0.2, 0) is 4.74 Å². The molecule has 4 heterocycles. The number of hydrogen-bond acceptors (Lipinski definition) is 5. The number of nitrogens with zero attached hydrogens (tertiary/aromatic N) is 4. The second-order valence-electron chi connectivity index (χ2n) is 12.2. The van der Waals surface area contributed by atoms with Crippen molar-refractivity contribution >= 4 is 12.0 Å². The summed E-state index contributed by atoms with van der Waals surface area (Å²) in [6, 6.07) is 6.81. The van der Waals surface area contributed by atoms with Crippen LogP contribution in [0.2, 0.25) is 0 Å². The molecule has 4 fully saturated rings. The van der Waals surface area contributed by atoms with E-state index in [1.807, 2.05) is 32.0 Å². The molecule has 1 atom stereocenters. The van der Waals surface area contributed by atoms with Gasteiger partial charge in [0.2, 0.25) is 0 Å². The van der Waals surface area contributed by atoms with Gasteiger partial charge in [-0.3, -0.25) is 14.6 Å². The number of benzene rings is 1. The van der Waals surface area contributed by atoms with Crippen LogP contribution in [-0.4, -0.2) is 102 Å². The SMILES string of the molecule is CCCCC1N(CCN2CCCC2)C(=O)OC12CCN(C1CCN(C(=O)c3c(C)cccc3C)CC1)CC2. The van der Waals surface area contributed by atoms with Gasteiger partial charge in [-0.25, -0.2) is 4.79 Å². The van der Waals surface area contributed by atoms with E-state index >= 15 is 0 Å². The summed E-state index contributed by atoms with van der Waals surface area (Å²) >= 11 is 0. The number of unbranched alkanes of at least 4 members (excludes halogenated alkanes) is 1. The average Bonchev–Trinajstić information content (AvgIpc) is 3.52. The third kappa shape index (κ3) is 5.60. The number of likely N-dealkylation sites (tertiary alicyclic amines) is 3. The molecular formula is C31H48N4O3. The molecule has 7 nitrogen and oxygen atoms in total. The Morgan fingerprint density at radius 1 is 0.974 bits per heavy atom. The van der Waals surface area contributed by atoms with Crippen LogP contribution < -0.4 is 0 Å². The number of hydrogen-bond donors (Lipinski definition) is 0. The van der Waals surface area contributed by atoms with Gasteiger partial charge < -0.3 is 14.5 Å². The van der Waals surface area contributed by atoms with Crippen LogP contribution in [0.25, 0.3) is 0 Å². The standard InChI is InChI=1S/C31H48N4O3/c1-4-5-11-27-31(38-30(37)35(27)23-22-32-16-6-7-17-32)14-20-33(21-15-31)26-12-18-34(19-13-26)29(36)28-24(2)9-8-10-25(28)3/h8-10,26-27H,4-7,11-23H2,1-3H3. The second kappa shape index (κ2) is 12.0. The van der Waals surface area contributed by atoms with Crippen LogP contribution in [0.3, 0.4) is 0 Å². The number of rotatable bonds is 8. The lowest BCUT2D eigenvalue weighted by molar-refractivity contribution is -0.0382. The fourth-order valence-corrected chi connectivity index (χ4v) is 7.48. The van der Waals surface area contributed by atoms with Crippen LogP contribution in [0.5, 0.6) is 0 Å². The van der Waals surface area contributed by atoms with Gasteiger partial charge in [0.25, 0.3) is 5.91 Å². The van der Waals surface area contributed by atoms with Crippen molar-refractivity contribution in [3.63, 3.8) is 0 Å². The Balaban J connectivity index is 1.16. The van der Waals surface area contributed by atoms with Crippen molar-refractivity contribution in [2.24, 2.45) is 0 Å². The lowest BCUT2D eigenvalue weighted by Crippen LogP contribution is -2.56. The van der Waals surface area contributed by atoms with E-state index < -0.39 is 0 Å². The van der Waals surface area contributed by atoms with Gasteiger partial charge in [0, 0.05) is 63.7 Å². The zero-order valence-corrected chi connectivity index (χ0v) is 23.9. The normalized spacial score (nSPS) is 24.9. The Bertz CT molecular complexity index is 955. The summed E-state index contributed by atoms with van der Waals surface area (Å²) < 4.78 is 6.27. The van der Waals surface area contributed by atoms with Crippen LogP contribution in [0, 0.1) is 13.8 Å². The molecule has 4 aliphatic rings. The topological polar surface area (TPSA) is 56.3 Å². The fourth-order valence-electron chi connectivity index (χ4n) is 7.48. The molecule has 1 aromatic carbocycles. The minimum atomic E-state index is -0.327. The molecule has 1 unspecified atom stereocenters. The lowest BCUT2D eigenvalue weighted by Gasteiger charge is -2.46. The molecule has 4 saturated heterocycles. The van der Waals surface area contributed by atoms with E-state index in [1.165, 1.54) is 12.8 Å². The predicted molar refractivity (Wildman–Crippen MR) is 151 cm³/mol. The number of ether oxygens (including phenoxy) is 1. The molecular weight excluding hydrogens is 476 g/mol. The molecule has 5 rings (SSSR count). The summed E-state index contributed by atoms with van der Waals surface area (Å²) in [5.41, 5.74) is 2.68. The van der Waals surface area contributed by atoms with Gasteiger partial charge in [0.1, 0.15) is 5.60 Å². The average molecular weight is 525 g/mol. The van der Waals surface area contributed by atoms with Gasteiger partial charge in [-0.05, 0) is 70.2 Å². The Morgan fingerprint density at radius 2 is 1.63 bits per heavy atom. The highest BCUT2D eigenvalue weighted by atomic mass is 16.6. The summed E-state index contributed by atoms with van der Waals surface area (Å²) in [5, 5.41) is 0. The highest BCUT2D eigenvalue weighted by Crippen LogP contribution is 2.41. The maximum atomic E-state index is 13.3. The Hall–Kier alpha value is -2.12. The molecule has 0 radical (unpaired) electrons. The third-order valence-electron chi connectivity index (χ3n) is 9.80. The van der Waals surface area contributed by atoms with Gasteiger partial charge >= 0.3 is 6.09 Å². The minimum absolute atomic E-state index is 0.0860. The maximum absolute atomic E-state index is 13.3. The molecule has 210 valence electrons. The first-order valence-electron chi connectivity index (χ1n) is 15.2. The molecule has 1 spiro atoms. The van der Waals surface area contributed by atoms with E-state index in [-0.39, 0.29) is 23.6 Å². The van der Waals surface area contributed by atoms with Crippen molar-refractivity contribution < 1.29 is 14.3 Å². The quantitative estimate of drug-likeness (QED) is 0.487. The molecule has 38 heavy (non-hydrogen) atoms. The minimum Gasteiger partial charge on any atom is -0.440 e. The molecule has 0 saturated carbocycles. The van der Waals surface area contributed by atoms with E-state index in [0.29, 0.717) is 6.04 Å². The maximum Gasteiger partial charge on any atom is 0.410 e. The molecule has 0 N–H and O–H groups in total. The van der Waals surface area contributed by atoms with E-state index in [1.54, 1.807) is 0 Å². The Morgan fingerprint density at radius 3 is 2.26 bits per heavy atom. The smallest absolute Gasteiger partial charge is 0.410 e. The first-order chi connectivity index (χ1) is 18.4. The predicted octanol–water partition coefficient (Wildman–Crippen LogP) is 4.85. The number of piperidine rings is 2. The second-order valence-corrected chi connectivity index (χ2v) is 12.2. The largest absolute Gasteiger partial charge is 0.440 e. The Labute approximate surface area is 229 Å². The number of aryl methyl sites for hydroxylation is 2. The number of carbonyl (C=O) groups excluding carboxylic acids is 2. The van der Waals surface area contributed by atoms with Crippen molar-refractivity contribution in [2.45, 2.75) is 96.2 Å². The van der Waals surface area contributed by atoms with Crippen LogP contribution in [0.4, 0.5) is 4.79 Å². The fraction of sp³-hybridized carbons (Fsp3) is 0.742. The summed E-state index contributed by atoms with van der Waals surface area (Å²) in [6.07, 6.45) is 9.69. The van der Waals surface area contributed by atoms with E-state index in [2.05, 4.69) is 26.5 Å². The highest BCUT2D eigenvalue weighted by Gasteiger charge is 2.54. The van der Waals surface area contributed by atoms with Crippen molar-refractivity contribution in [3.8, 4) is 0 Å². The molecule has 4 aliphatic heterocycles. The van der Waals surface area contributed by atoms with Crippen LogP contribution >= 0.6 is 0 Å². The summed E-state index contributed by atoms with van der Waals surface area (Å²) in [4.78, 5) is 35.6. The van der Waals surface area contributed by atoms with E-state index in [4.69, 9.17) is 4.74 Å². The molecule has 7 heteroatoms. The van der Waals surface area contributed by atoms with Gasteiger partial charge in [-0.2, -0.15) is 0 Å². The molecule has 0 bridgehead atoms. The van der Waals surface area contributed by atoms with Gasteiger partial charge in [-0.1, -0.05) is 38.0 Å². The van der Waals surface area contributed by atoms with E-state index in [9.17, 15) is 9.59 Å². The summed E-state index contributed by atoms with van der Waals surface area (Å²) in [7, 11) is 0. The van der Waals surface area contributed by atoms with Gasteiger partial charge in [-0.15, -0.1) is 0 Å². The first-order valence-corrected chi connectivity index (χ1v) is 15.2. The van der Waals surface area contributed by atoms with E-state index in [0.717, 1.165) is 114 Å². The molecule has 2 amide bonds. The van der Waals surface area contributed by atoms with Crippen LogP contribution in [0.15, 0.2) is 18.2 Å². The van der Waals surface area contributed by atoms with Crippen molar-refractivity contribution in [2.75, 3.05) is 52.4 Å². The van der Waals surface area contributed by atoms with Crippen LogP contribution in [0.1, 0.15) is 86.2 Å². The zero-order valence-electron chi connectivity index (χ0n) is 23.9. The van der Waals surface area contributed by atoms with Crippen molar-refractivity contribution in [1.29, 1.82) is 0 Å². The van der Waals surface area contributed by atoms with Crippen molar-refractivity contribution in [3.05, 3.63) is 34.9 Å². The Kier molecular flexibility index (Phi) is 8.63. The summed E-state index contributed by atoms with van der Waals surface area (Å²) in [6.45, 7) is 14.0. The third-order valence-corrected chi connectivity index (χ3v) is 9.80. The number of amides is 2. The van der Waals surface area contributed by atoms with Gasteiger partial charge in [0.15, 0.2) is 0 Å². The molecule has 0 aliphatic carbocycles. The molecule has 0 aromatic heterocycles. The lowest BCUT2D eigenvalue weighted by atomic mass is 9.81. The van der Waals surface area contributed by atoms with Gasteiger partial charge in [0.05, 0.1) is 6.04 Å². The van der Waals surface area contributed by atoms with Crippen molar-refractivity contribution in [1.82, 2.24) is 19.6 Å². The summed E-state index contributed by atoms with van der Waals surface area (Å²) in [5.74, 6) is 0.183. The zero-order chi connectivity index (χ0) is 26.7.